The molecule has 2 rings (SSSR count). The molecule has 0 aromatic heterocycles. The number of sulfonamides is 1. The van der Waals surface area contributed by atoms with Gasteiger partial charge < -0.3 is 11.1 Å². The highest BCUT2D eigenvalue weighted by atomic mass is 32.2. The first-order valence-corrected chi connectivity index (χ1v) is 7.77. The smallest absolute Gasteiger partial charge is 0.238 e. The molecule has 21 heavy (non-hydrogen) atoms. The molecule has 7 heteroatoms. The molecular weight excluding hydrogens is 293 g/mol. The number of anilines is 2. The molecule has 5 N–H and O–H groups in total. The highest BCUT2D eigenvalue weighted by Gasteiger charge is 2.13. The first-order valence-electron chi connectivity index (χ1n) is 6.22. The second-order valence-electron chi connectivity index (χ2n) is 4.68. The van der Waals surface area contributed by atoms with Crippen molar-refractivity contribution in [3.8, 4) is 0 Å². The van der Waals surface area contributed by atoms with Crippen LogP contribution >= 0.6 is 0 Å². The van der Waals surface area contributed by atoms with Gasteiger partial charge in [0.25, 0.3) is 0 Å². The fourth-order valence-electron chi connectivity index (χ4n) is 1.99. The molecular formula is C14H16FN3O2S. The summed E-state index contributed by atoms with van der Waals surface area (Å²) in [4.78, 5) is -0.0657. The van der Waals surface area contributed by atoms with Crippen LogP contribution < -0.4 is 16.2 Å². The maximum atomic E-state index is 13.7. The van der Waals surface area contributed by atoms with Crippen molar-refractivity contribution in [3.05, 3.63) is 53.8 Å². The molecule has 0 aliphatic carbocycles. The van der Waals surface area contributed by atoms with E-state index in [1.54, 1.807) is 25.1 Å². The summed E-state index contributed by atoms with van der Waals surface area (Å²) in [6.45, 7) is 1.78. The standard InChI is InChI=1S/C14H16FN3O2S/c1-9(11-4-2-3-5-12(11)15)18-14-7-6-10(8-13(14)16)21(17,19)20/h2-9,18H,16H2,1H3,(H2,17,19,20). The monoisotopic (exact) mass is 309 g/mol. The molecule has 0 heterocycles. The average Bonchev–Trinajstić information content (AvgIpc) is 2.40. The molecule has 0 saturated heterocycles. The maximum Gasteiger partial charge on any atom is 0.238 e. The Hall–Kier alpha value is -2.12. The summed E-state index contributed by atoms with van der Waals surface area (Å²) in [5.41, 5.74) is 7.04. The number of hydrogen-bond donors (Lipinski definition) is 3. The lowest BCUT2D eigenvalue weighted by atomic mass is 10.1. The Morgan fingerprint density at radius 3 is 2.43 bits per heavy atom. The molecule has 0 amide bonds. The summed E-state index contributed by atoms with van der Waals surface area (Å²) in [5, 5.41) is 8.08. The van der Waals surface area contributed by atoms with Crippen LogP contribution in [0.15, 0.2) is 47.4 Å². The Kier molecular flexibility index (Phi) is 4.15. The first kappa shape index (κ1) is 15.3. The predicted molar refractivity (Wildman–Crippen MR) is 80.7 cm³/mol. The summed E-state index contributed by atoms with van der Waals surface area (Å²) < 4.78 is 36.2. The van der Waals surface area contributed by atoms with Crippen molar-refractivity contribution in [1.82, 2.24) is 0 Å². The maximum absolute atomic E-state index is 13.7. The fourth-order valence-corrected chi connectivity index (χ4v) is 2.54. The van der Waals surface area contributed by atoms with Crippen LogP contribution in [0.5, 0.6) is 0 Å². The molecule has 5 nitrogen and oxygen atoms in total. The molecule has 1 unspecified atom stereocenters. The summed E-state index contributed by atoms with van der Waals surface area (Å²) in [6.07, 6.45) is 0. The van der Waals surface area contributed by atoms with Crippen LogP contribution in [0.4, 0.5) is 15.8 Å². The third-order valence-corrected chi connectivity index (χ3v) is 4.01. The molecule has 1 atom stereocenters. The second-order valence-corrected chi connectivity index (χ2v) is 6.24. The molecule has 0 aliphatic heterocycles. The van der Waals surface area contributed by atoms with E-state index in [9.17, 15) is 12.8 Å². The van der Waals surface area contributed by atoms with E-state index in [0.717, 1.165) is 0 Å². The van der Waals surface area contributed by atoms with E-state index in [1.165, 1.54) is 24.3 Å². The van der Waals surface area contributed by atoms with Gasteiger partial charge in [0.15, 0.2) is 0 Å². The molecule has 0 bridgehead atoms. The van der Waals surface area contributed by atoms with Crippen molar-refractivity contribution in [2.75, 3.05) is 11.1 Å². The lowest BCUT2D eigenvalue weighted by molar-refractivity contribution is 0.598. The first-order chi connectivity index (χ1) is 9.79. The van der Waals surface area contributed by atoms with Crippen LogP contribution in [0.2, 0.25) is 0 Å². The molecule has 2 aromatic carbocycles. The Labute approximate surface area is 122 Å². The zero-order chi connectivity index (χ0) is 15.6. The second kappa shape index (κ2) is 5.71. The van der Waals surface area contributed by atoms with Crippen molar-refractivity contribution in [1.29, 1.82) is 0 Å². The lowest BCUT2D eigenvalue weighted by Crippen LogP contribution is -2.14. The summed E-state index contributed by atoms with van der Waals surface area (Å²) in [5.74, 6) is -0.322. The van der Waals surface area contributed by atoms with E-state index in [1.807, 2.05) is 0 Å². The van der Waals surface area contributed by atoms with Gasteiger partial charge in [-0.05, 0) is 31.2 Å². The Balaban J connectivity index is 2.27. The van der Waals surface area contributed by atoms with Crippen LogP contribution in [0.1, 0.15) is 18.5 Å². The van der Waals surface area contributed by atoms with Gasteiger partial charge in [-0.15, -0.1) is 0 Å². The van der Waals surface area contributed by atoms with Crippen molar-refractivity contribution >= 4 is 21.4 Å². The minimum atomic E-state index is -3.80. The lowest BCUT2D eigenvalue weighted by Gasteiger charge is -2.18. The minimum Gasteiger partial charge on any atom is -0.397 e. The quantitative estimate of drug-likeness (QED) is 0.754. The molecule has 0 radical (unpaired) electrons. The van der Waals surface area contributed by atoms with Crippen molar-refractivity contribution in [2.24, 2.45) is 5.14 Å². The van der Waals surface area contributed by atoms with Gasteiger partial charge in [0.1, 0.15) is 5.82 Å². The predicted octanol–water partition coefficient (Wildman–Crippen LogP) is 2.23. The van der Waals surface area contributed by atoms with Crippen molar-refractivity contribution in [2.45, 2.75) is 17.9 Å². The van der Waals surface area contributed by atoms with Gasteiger partial charge in [0.2, 0.25) is 10.0 Å². The SMILES string of the molecule is CC(Nc1ccc(S(N)(=O)=O)cc1N)c1ccccc1F. The van der Waals surface area contributed by atoms with E-state index in [4.69, 9.17) is 10.9 Å². The van der Waals surface area contributed by atoms with Crippen molar-refractivity contribution in [3.63, 3.8) is 0 Å². The van der Waals surface area contributed by atoms with Gasteiger partial charge in [-0.25, -0.2) is 17.9 Å². The zero-order valence-corrected chi connectivity index (χ0v) is 12.2. The molecule has 0 spiro atoms. The topological polar surface area (TPSA) is 98.2 Å². The zero-order valence-electron chi connectivity index (χ0n) is 11.4. The number of rotatable bonds is 4. The van der Waals surface area contributed by atoms with Gasteiger partial charge in [-0.1, -0.05) is 18.2 Å². The number of hydrogen-bond acceptors (Lipinski definition) is 4. The summed E-state index contributed by atoms with van der Waals surface area (Å²) >= 11 is 0. The van der Waals surface area contributed by atoms with E-state index >= 15 is 0 Å². The van der Waals surface area contributed by atoms with E-state index in [-0.39, 0.29) is 22.4 Å². The summed E-state index contributed by atoms with van der Waals surface area (Å²) in [6, 6.07) is 10.2. The third kappa shape index (κ3) is 3.50. The number of benzene rings is 2. The fraction of sp³-hybridized carbons (Fsp3) is 0.143. The number of nitrogen functional groups attached to an aromatic ring is 1. The molecule has 2 aromatic rings. The summed E-state index contributed by atoms with van der Waals surface area (Å²) in [7, 11) is -3.80. The Morgan fingerprint density at radius 1 is 1.19 bits per heavy atom. The molecule has 112 valence electrons. The van der Waals surface area contributed by atoms with Gasteiger partial charge >= 0.3 is 0 Å². The molecule has 0 fully saturated rings. The number of primary sulfonamides is 1. The largest absolute Gasteiger partial charge is 0.397 e. The highest BCUT2D eigenvalue weighted by molar-refractivity contribution is 7.89. The van der Waals surface area contributed by atoms with Gasteiger partial charge in [-0.2, -0.15) is 0 Å². The average molecular weight is 309 g/mol. The molecule has 0 saturated carbocycles. The van der Waals surface area contributed by atoms with E-state index in [0.29, 0.717) is 11.3 Å². The van der Waals surface area contributed by atoms with Crippen LogP contribution in [-0.2, 0) is 10.0 Å². The Morgan fingerprint density at radius 2 is 1.86 bits per heavy atom. The Bertz CT molecular complexity index is 763. The number of nitrogens with two attached hydrogens (primary N) is 2. The third-order valence-electron chi connectivity index (χ3n) is 3.10. The minimum absolute atomic E-state index is 0.0657. The number of halogens is 1. The van der Waals surface area contributed by atoms with Crippen LogP contribution in [0, 0.1) is 5.82 Å². The van der Waals surface area contributed by atoms with Crippen molar-refractivity contribution < 1.29 is 12.8 Å². The highest BCUT2D eigenvalue weighted by Crippen LogP contribution is 2.27. The van der Waals surface area contributed by atoms with Gasteiger partial charge in [-0.3, -0.25) is 0 Å². The van der Waals surface area contributed by atoms with Gasteiger partial charge in [0.05, 0.1) is 22.3 Å². The van der Waals surface area contributed by atoms with Gasteiger partial charge in [0, 0.05) is 5.56 Å². The van der Waals surface area contributed by atoms with Crippen LogP contribution in [0.25, 0.3) is 0 Å². The normalized spacial score (nSPS) is 12.9. The van der Waals surface area contributed by atoms with E-state index < -0.39 is 10.0 Å². The molecule has 0 aliphatic rings. The van der Waals surface area contributed by atoms with E-state index in [2.05, 4.69) is 5.32 Å². The number of nitrogens with one attached hydrogen (secondary N) is 1. The van der Waals surface area contributed by atoms with Crippen LogP contribution in [0.3, 0.4) is 0 Å². The van der Waals surface area contributed by atoms with Crippen LogP contribution in [-0.4, -0.2) is 8.42 Å².